The number of sulfone groups is 1. The predicted octanol–water partition coefficient (Wildman–Crippen LogP) is 2.08. The second-order valence-corrected chi connectivity index (χ2v) is 7.19. The van der Waals surface area contributed by atoms with Crippen LogP contribution in [0.5, 0.6) is 0 Å². The summed E-state index contributed by atoms with van der Waals surface area (Å²) in [6, 6.07) is 0.682. The van der Waals surface area contributed by atoms with Gasteiger partial charge in [0.05, 0.1) is 5.75 Å². The number of rotatable bonds is 5. The summed E-state index contributed by atoms with van der Waals surface area (Å²) in [5.41, 5.74) is 0. The van der Waals surface area contributed by atoms with E-state index in [1.807, 2.05) is 0 Å². The van der Waals surface area contributed by atoms with E-state index in [0.717, 1.165) is 19.5 Å². The molecule has 0 aliphatic carbocycles. The van der Waals surface area contributed by atoms with E-state index in [1.54, 1.807) is 0 Å². The zero-order valence-corrected chi connectivity index (χ0v) is 11.4. The molecular formula is C12H25NO2S. The molecule has 1 aliphatic rings. The van der Waals surface area contributed by atoms with Crippen LogP contribution in [0.15, 0.2) is 0 Å². The highest BCUT2D eigenvalue weighted by Crippen LogP contribution is 2.19. The molecule has 96 valence electrons. The third-order valence-corrected chi connectivity index (χ3v) is 4.46. The Morgan fingerprint density at radius 2 is 2.00 bits per heavy atom. The van der Waals surface area contributed by atoms with Crippen LogP contribution in [0.25, 0.3) is 0 Å². The van der Waals surface area contributed by atoms with Gasteiger partial charge in [0.25, 0.3) is 0 Å². The minimum Gasteiger partial charge on any atom is -0.300 e. The van der Waals surface area contributed by atoms with Crippen LogP contribution in [-0.2, 0) is 9.84 Å². The minimum absolute atomic E-state index is 0.333. The maximum absolute atomic E-state index is 11.1. The molecule has 0 aromatic heterocycles. The fraction of sp³-hybridized carbons (Fsp3) is 1.00. The molecule has 1 saturated heterocycles. The van der Waals surface area contributed by atoms with Crippen molar-refractivity contribution in [3.8, 4) is 0 Å². The van der Waals surface area contributed by atoms with Gasteiger partial charge in [-0.2, -0.15) is 0 Å². The minimum atomic E-state index is -2.78. The number of hydrogen-bond donors (Lipinski definition) is 0. The smallest absolute Gasteiger partial charge is 0.147 e. The topological polar surface area (TPSA) is 37.4 Å². The standard InChI is InChI=1S/C12H25NO2S/c1-3-12-8-5-4-6-9-13(12)10-7-11-16(2,14)15/h12H,3-11H2,1-2H3/t12-/m1/s1. The molecule has 16 heavy (non-hydrogen) atoms. The second-order valence-electron chi connectivity index (χ2n) is 4.93. The normalized spacial score (nSPS) is 24.2. The quantitative estimate of drug-likeness (QED) is 0.746. The van der Waals surface area contributed by atoms with Crippen LogP contribution in [0.1, 0.15) is 45.4 Å². The SMILES string of the molecule is CC[C@@H]1CCCCCN1CCCS(C)(=O)=O. The summed E-state index contributed by atoms with van der Waals surface area (Å²) in [5.74, 6) is 0.333. The van der Waals surface area contributed by atoms with E-state index < -0.39 is 9.84 Å². The summed E-state index contributed by atoms with van der Waals surface area (Å²) >= 11 is 0. The van der Waals surface area contributed by atoms with Gasteiger partial charge >= 0.3 is 0 Å². The highest BCUT2D eigenvalue weighted by Gasteiger charge is 2.19. The molecule has 0 unspecified atom stereocenters. The monoisotopic (exact) mass is 247 g/mol. The molecule has 1 fully saturated rings. The van der Waals surface area contributed by atoms with E-state index in [-0.39, 0.29) is 0 Å². The molecule has 1 heterocycles. The van der Waals surface area contributed by atoms with E-state index >= 15 is 0 Å². The van der Waals surface area contributed by atoms with E-state index in [1.165, 1.54) is 38.4 Å². The first kappa shape index (κ1) is 14.0. The Bertz CT molecular complexity index is 287. The summed E-state index contributed by atoms with van der Waals surface area (Å²) in [4.78, 5) is 2.50. The van der Waals surface area contributed by atoms with Gasteiger partial charge in [-0.15, -0.1) is 0 Å². The highest BCUT2D eigenvalue weighted by atomic mass is 32.2. The summed E-state index contributed by atoms with van der Waals surface area (Å²) in [6.45, 7) is 4.34. The van der Waals surface area contributed by atoms with Crippen molar-refractivity contribution >= 4 is 9.84 Å². The van der Waals surface area contributed by atoms with Gasteiger partial charge in [-0.1, -0.05) is 19.8 Å². The Balaban J connectivity index is 2.37. The Morgan fingerprint density at radius 1 is 1.25 bits per heavy atom. The molecule has 0 saturated carbocycles. The van der Waals surface area contributed by atoms with Crippen LogP contribution < -0.4 is 0 Å². The lowest BCUT2D eigenvalue weighted by Crippen LogP contribution is -2.35. The summed E-state index contributed by atoms with van der Waals surface area (Å²) in [7, 11) is -2.78. The molecule has 0 bridgehead atoms. The van der Waals surface area contributed by atoms with Crippen molar-refractivity contribution in [2.45, 2.75) is 51.5 Å². The fourth-order valence-corrected chi connectivity index (χ4v) is 3.18. The number of likely N-dealkylation sites (tertiary alicyclic amines) is 1. The number of hydrogen-bond acceptors (Lipinski definition) is 3. The average Bonchev–Trinajstić information content (AvgIpc) is 2.41. The van der Waals surface area contributed by atoms with Crippen molar-refractivity contribution in [2.75, 3.05) is 25.1 Å². The lowest BCUT2D eigenvalue weighted by atomic mass is 10.1. The lowest BCUT2D eigenvalue weighted by molar-refractivity contribution is 0.195. The highest BCUT2D eigenvalue weighted by molar-refractivity contribution is 7.90. The molecule has 0 aromatic carbocycles. The molecule has 1 rings (SSSR count). The number of nitrogens with zero attached hydrogens (tertiary/aromatic N) is 1. The van der Waals surface area contributed by atoms with Crippen molar-refractivity contribution in [1.82, 2.24) is 4.90 Å². The van der Waals surface area contributed by atoms with E-state index in [9.17, 15) is 8.42 Å². The molecule has 0 radical (unpaired) electrons. The molecule has 0 N–H and O–H groups in total. The van der Waals surface area contributed by atoms with Gasteiger partial charge in [-0.25, -0.2) is 8.42 Å². The third kappa shape index (κ3) is 5.30. The molecule has 3 nitrogen and oxygen atoms in total. The Hall–Kier alpha value is -0.0900. The fourth-order valence-electron chi connectivity index (χ4n) is 2.52. The van der Waals surface area contributed by atoms with Gasteiger partial charge in [0.1, 0.15) is 9.84 Å². The summed E-state index contributed by atoms with van der Waals surface area (Å²) in [5, 5.41) is 0. The molecule has 1 atom stereocenters. The van der Waals surface area contributed by atoms with Crippen LogP contribution in [0, 0.1) is 0 Å². The Morgan fingerprint density at radius 3 is 2.62 bits per heavy atom. The first-order chi connectivity index (χ1) is 7.53. The molecule has 0 aromatic rings. The molecule has 0 spiro atoms. The van der Waals surface area contributed by atoms with Gasteiger partial charge in [0.15, 0.2) is 0 Å². The van der Waals surface area contributed by atoms with Crippen molar-refractivity contribution in [1.29, 1.82) is 0 Å². The van der Waals surface area contributed by atoms with Crippen LogP contribution >= 0.6 is 0 Å². The lowest BCUT2D eigenvalue weighted by Gasteiger charge is -2.28. The summed E-state index contributed by atoms with van der Waals surface area (Å²) in [6.07, 6.45) is 8.53. The van der Waals surface area contributed by atoms with Gasteiger partial charge in [-0.05, 0) is 38.8 Å². The van der Waals surface area contributed by atoms with Crippen molar-refractivity contribution in [3.05, 3.63) is 0 Å². The Kier molecular flexibility index (Phi) is 5.76. The van der Waals surface area contributed by atoms with Crippen LogP contribution in [0.4, 0.5) is 0 Å². The molecule has 0 amide bonds. The molecular weight excluding hydrogens is 222 g/mol. The van der Waals surface area contributed by atoms with E-state index in [2.05, 4.69) is 11.8 Å². The van der Waals surface area contributed by atoms with E-state index in [4.69, 9.17) is 0 Å². The average molecular weight is 247 g/mol. The van der Waals surface area contributed by atoms with E-state index in [0.29, 0.717) is 11.8 Å². The zero-order chi connectivity index (χ0) is 12.0. The first-order valence-corrected chi connectivity index (χ1v) is 8.51. The zero-order valence-electron chi connectivity index (χ0n) is 10.6. The van der Waals surface area contributed by atoms with Gasteiger partial charge < -0.3 is 4.90 Å². The Labute approximate surface area is 100 Å². The van der Waals surface area contributed by atoms with Gasteiger partial charge in [-0.3, -0.25) is 0 Å². The van der Waals surface area contributed by atoms with Crippen LogP contribution in [0.2, 0.25) is 0 Å². The molecule has 4 heteroatoms. The molecule has 1 aliphatic heterocycles. The maximum atomic E-state index is 11.1. The van der Waals surface area contributed by atoms with Crippen LogP contribution in [-0.4, -0.2) is 44.5 Å². The van der Waals surface area contributed by atoms with Crippen molar-refractivity contribution in [2.24, 2.45) is 0 Å². The van der Waals surface area contributed by atoms with Gasteiger partial charge in [0.2, 0.25) is 0 Å². The third-order valence-electron chi connectivity index (χ3n) is 3.43. The summed E-state index contributed by atoms with van der Waals surface area (Å²) < 4.78 is 22.1. The van der Waals surface area contributed by atoms with Gasteiger partial charge in [0, 0.05) is 12.3 Å². The largest absolute Gasteiger partial charge is 0.300 e. The second kappa shape index (κ2) is 6.60. The van der Waals surface area contributed by atoms with Crippen molar-refractivity contribution in [3.63, 3.8) is 0 Å². The van der Waals surface area contributed by atoms with Crippen molar-refractivity contribution < 1.29 is 8.42 Å². The first-order valence-electron chi connectivity index (χ1n) is 6.44. The maximum Gasteiger partial charge on any atom is 0.147 e. The van der Waals surface area contributed by atoms with Crippen LogP contribution in [0.3, 0.4) is 0 Å². The predicted molar refractivity (Wildman–Crippen MR) is 68.4 cm³/mol.